The monoisotopic (exact) mass is 319 g/mol. The number of benzene rings is 1. The molecule has 5 nitrogen and oxygen atoms in total. The van der Waals surface area contributed by atoms with Gasteiger partial charge in [0.1, 0.15) is 5.75 Å². The highest BCUT2D eigenvalue weighted by molar-refractivity contribution is 5.68. The summed E-state index contributed by atoms with van der Waals surface area (Å²) in [6.45, 7) is 0.439. The average molecular weight is 319 g/mol. The Hall–Kier alpha value is -1.59. The van der Waals surface area contributed by atoms with Crippen LogP contribution in [0.2, 0.25) is 0 Å². The number of aliphatic hydroxyl groups is 1. The minimum absolute atomic E-state index is 0.0959. The summed E-state index contributed by atoms with van der Waals surface area (Å²) in [5.41, 5.74) is 1.02. The lowest BCUT2D eigenvalue weighted by Crippen LogP contribution is -2.30. The zero-order valence-corrected chi connectivity index (χ0v) is 13.5. The minimum Gasteiger partial charge on any atom is -0.482 e. The molecule has 2 fully saturated rings. The second-order valence-corrected chi connectivity index (χ2v) is 6.98. The minimum atomic E-state index is -0.963. The molecule has 0 bridgehead atoms. The molecule has 1 aromatic rings. The Morgan fingerprint density at radius 1 is 1.22 bits per heavy atom. The fraction of sp³-hybridized carbons (Fsp3) is 0.611. The second-order valence-electron chi connectivity index (χ2n) is 6.98. The molecule has 0 aromatic heterocycles. The molecule has 3 rings (SSSR count). The van der Waals surface area contributed by atoms with Gasteiger partial charge in [-0.15, -0.1) is 0 Å². The van der Waals surface area contributed by atoms with E-state index < -0.39 is 5.97 Å². The molecule has 0 saturated heterocycles. The van der Waals surface area contributed by atoms with Crippen LogP contribution in [-0.2, 0) is 11.3 Å². The number of para-hydroxylation sites is 1. The van der Waals surface area contributed by atoms with Crippen molar-refractivity contribution in [1.29, 1.82) is 0 Å². The SMILES string of the molecule is CN(Cc1ccccc1OCC(=O)O)C1C[C@H]2CC(O)C[C@H]2C1. The average Bonchev–Trinajstić information content (AvgIpc) is 3.03. The Balaban J connectivity index is 1.60. The van der Waals surface area contributed by atoms with E-state index in [2.05, 4.69) is 11.9 Å². The highest BCUT2D eigenvalue weighted by atomic mass is 16.5. The molecule has 0 radical (unpaired) electrons. The van der Waals surface area contributed by atoms with Crippen molar-refractivity contribution in [2.24, 2.45) is 11.8 Å². The van der Waals surface area contributed by atoms with Gasteiger partial charge in [-0.25, -0.2) is 4.79 Å². The number of carboxylic acids is 1. The number of aliphatic hydroxyl groups excluding tert-OH is 1. The number of rotatable bonds is 6. The Labute approximate surface area is 136 Å². The van der Waals surface area contributed by atoms with Crippen LogP contribution in [0.1, 0.15) is 31.2 Å². The van der Waals surface area contributed by atoms with Crippen LogP contribution in [-0.4, -0.2) is 46.9 Å². The number of carbonyl (C=O) groups is 1. The molecule has 0 spiro atoms. The Bertz CT molecular complexity index is 548. The molecule has 5 heteroatoms. The number of nitrogens with zero attached hydrogens (tertiary/aromatic N) is 1. The van der Waals surface area contributed by atoms with Crippen molar-refractivity contribution in [2.45, 2.75) is 44.4 Å². The molecule has 23 heavy (non-hydrogen) atoms. The molecule has 2 aliphatic carbocycles. The van der Waals surface area contributed by atoms with E-state index in [1.807, 2.05) is 24.3 Å². The fourth-order valence-electron chi connectivity index (χ4n) is 4.23. The molecule has 1 aromatic carbocycles. The van der Waals surface area contributed by atoms with E-state index in [0.29, 0.717) is 23.6 Å². The summed E-state index contributed by atoms with van der Waals surface area (Å²) < 4.78 is 5.39. The number of aliphatic carboxylic acids is 1. The van der Waals surface area contributed by atoms with E-state index in [1.54, 1.807) is 0 Å². The molecule has 2 unspecified atom stereocenters. The number of hydrogen-bond acceptors (Lipinski definition) is 4. The number of fused-ring (bicyclic) bond motifs is 1. The van der Waals surface area contributed by atoms with Gasteiger partial charge in [0.25, 0.3) is 0 Å². The topological polar surface area (TPSA) is 70.0 Å². The number of hydrogen-bond donors (Lipinski definition) is 2. The third kappa shape index (κ3) is 3.85. The van der Waals surface area contributed by atoms with E-state index in [0.717, 1.165) is 37.8 Å². The van der Waals surface area contributed by atoms with Gasteiger partial charge in [0.15, 0.2) is 6.61 Å². The van der Waals surface area contributed by atoms with Crippen molar-refractivity contribution in [3.8, 4) is 5.75 Å². The maximum absolute atomic E-state index is 10.7. The maximum atomic E-state index is 10.7. The van der Waals surface area contributed by atoms with Crippen LogP contribution < -0.4 is 4.74 Å². The lowest BCUT2D eigenvalue weighted by atomic mass is 10.0. The zero-order chi connectivity index (χ0) is 16.4. The molecule has 0 amide bonds. The molecule has 0 heterocycles. The second kappa shape index (κ2) is 6.89. The maximum Gasteiger partial charge on any atom is 0.341 e. The first-order valence-corrected chi connectivity index (χ1v) is 8.33. The van der Waals surface area contributed by atoms with Gasteiger partial charge in [-0.2, -0.15) is 0 Å². The summed E-state index contributed by atoms with van der Waals surface area (Å²) in [4.78, 5) is 13.0. The highest BCUT2D eigenvalue weighted by Gasteiger charge is 2.42. The molecule has 2 saturated carbocycles. The van der Waals surface area contributed by atoms with Crippen LogP contribution >= 0.6 is 0 Å². The van der Waals surface area contributed by atoms with Gasteiger partial charge in [-0.3, -0.25) is 4.90 Å². The summed E-state index contributed by atoms with van der Waals surface area (Å²) >= 11 is 0. The van der Waals surface area contributed by atoms with Crippen LogP contribution in [0.15, 0.2) is 24.3 Å². The predicted molar refractivity (Wildman–Crippen MR) is 86.3 cm³/mol. The van der Waals surface area contributed by atoms with Gasteiger partial charge in [-0.05, 0) is 50.6 Å². The Morgan fingerprint density at radius 3 is 2.52 bits per heavy atom. The van der Waals surface area contributed by atoms with Crippen LogP contribution in [0.4, 0.5) is 0 Å². The van der Waals surface area contributed by atoms with Gasteiger partial charge < -0.3 is 14.9 Å². The van der Waals surface area contributed by atoms with Crippen molar-refractivity contribution < 1.29 is 19.7 Å². The zero-order valence-electron chi connectivity index (χ0n) is 13.5. The van der Waals surface area contributed by atoms with Crippen molar-refractivity contribution in [3.05, 3.63) is 29.8 Å². The van der Waals surface area contributed by atoms with Gasteiger partial charge in [0.05, 0.1) is 6.10 Å². The van der Waals surface area contributed by atoms with Gasteiger partial charge in [0.2, 0.25) is 0 Å². The highest BCUT2D eigenvalue weighted by Crippen LogP contribution is 2.45. The quantitative estimate of drug-likeness (QED) is 0.840. The number of ether oxygens (including phenoxy) is 1. The molecule has 126 valence electrons. The summed E-state index contributed by atoms with van der Waals surface area (Å²) in [5.74, 6) is 1.01. The van der Waals surface area contributed by atoms with E-state index in [-0.39, 0.29) is 12.7 Å². The standard InChI is InChI=1S/C18H25NO4/c1-19(15-6-13-8-16(20)9-14(13)7-15)10-12-4-2-3-5-17(12)23-11-18(21)22/h2-5,13-16,20H,6-11H2,1H3,(H,21,22)/t13-,14+,15?,16?. The smallest absolute Gasteiger partial charge is 0.341 e. The van der Waals surface area contributed by atoms with Gasteiger partial charge in [0, 0.05) is 18.2 Å². The third-order valence-electron chi connectivity index (χ3n) is 5.33. The van der Waals surface area contributed by atoms with Crippen molar-refractivity contribution in [3.63, 3.8) is 0 Å². The third-order valence-corrected chi connectivity index (χ3v) is 5.33. The largest absolute Gasteiger partial charge is 0.482 e. The lowest BCUT2D eigenvalue weighted by Gasteiger charge is -2.26. The predicted octanol–water partition coefficient (Wildman–Crippen LogP) is 2.13. The molecule has 2 aliphatic rings. The molecular weight excluding hydrogens is 294 g/mol. The first-order valence-electron chi connectivity index (χ1n) is 8.33. The molecule has 4 atom stereocenters. The van der Waals surface area contributed by atoms with E-state index in [4.69, 9.17) is 9.84 Å². The van der Waals surface area contributed by atoms with Gasteiger partial charge in [-0.1, -0.05) is 18.2 Å². The Kier molecular flexibility index (Phi) is 4.87. The Morgan fingerprint density at radius 2 is 1.87 bits per heavy atom. The molecule has 2 N–H and O–H groups in total. The van der Waals surface area contributed by atoms with Crippen molar-refractivity contribution in [2.75, 3.05) is 13.7 Å². The van der Waals surface area contributed by atoms with Crippen LogP contribution in [0.25, 0.3) is 0 Å². The van der Waals surface area contributed by atoms with Crippen LogP contribution in [0.3, 0.4) is 0 Å². The molecule has 0 aliphatic heterocycles. The van der Waals surface area contributed by atoms with E-state index >= 15 is 0 Å². The van der Waals surface area contributed by atoms with Crippen LogP contribution in [0.5, 0.6) is 5.75 Å². The lowest BCUT2D eigenvalue weighted by molar-refractivity contribution is -0.139. The van der Waals surface area contributed by atoms with E-state index in [9.17, 15) is 9.90 Å². The van der Waals surface area contributed by atoms with Crippen molar-refractivity contribution in [1.82, 2.24) is 4.90 Å². The normalized spacial score (nSPS) is 29.7. The summed E-state index contributed by atoms with van der Waals surface area (Å²) in [6.07, 6.45) is 4.11. The molecular formula is C18H25NO4. The van der Waals surface area contributed by atoms with Crippen molar-refractivity contribution >= 4 is 5.97 Å². The first-order chi connectivity index (χ1) is 11.0. The van der Waals surface area contributed by atoms with Gasteiger partial charge >= 0.3 is 5.97 Å². The number of carboxylic acid groups (broad SMARTS) is 1. The van der Waals surface area contributed by atoms with E-state index in [1.165, 1.54) is 0 Å². The first kappa shape index (κ1) is 16.3. The summed E-state index contributed by atoms with van der Waals surface area (Å²) in [5, 5.41) is 18.5. The fourth-order valence-corrected chi connectivity index (χ4v) is 4.23. The summed E-state index contributed by atoms with van der Waals surface area (Å²) in [6, 6.07) is 8.17. The summed E-state index contributed by atoms with van der Waals surface area (Å²) in [7, 11) is 2.12. The van der Waals surface area contributed by atoms with Crippen LogP contribution in [0, 0.1) is 11.8 Å².